The molecule has 40 heavy (non-hydrogen) atoms. The van der Waals surface area contributed by atoms with Crippen LogP contribution in [0, 0.1) is 10.1 Å². The van der Waals surface area contributed by atoms with Crippen molar-refractivity contribution in [1.29, 1.82) is 0 Å². The number of carbonyl (C=O) groups is 1. The molecule has 0 saturated carbocycles. The van der Waals surface area contributed by atoms with Crippen molar-refractivity contribution in [3.05, 3.63) is 82.0 Å². The van der Waals surface area contributed by atoms with E-state index in [0.29, 0.717) is 44.2 Å². The third-order valence-corrected chi connectivity index (χ3v) is 11.4. The number of nitro benzene ring substituents is 1. The topological polar surface area (TPSA) is 143 Å². The zero-order valence-electron chi connectivity index (χ0n) is 23.7. The van der Waals surface area contributed by atoms with Crippen LogP contribution in [-0.2, 0) is 17.6 Å². The van der Waals surface area contributed by atoms with E-state index < -0.39 is 19.3 Å². The molecule has 0 bridgehead atoms. The molecule has 1 heterocycles. The summed E-state index contributed by atoms with van der Waals surface area (Å²) in [4.78, 5) is 32.9. The third-order valence-electron chi connectivity index (χ3n) is 6.96. The van der Waals surface area contributed by atoms with E-state index in [2.05, 4.69) is 54.5 Å². The summed E-state index contributed by atoms with van der Waals surface area (Å²) in [6, 6.07) is 15.6. The predicted octanol–water partition coefficient (Wildman–Crippen LogP) is 6.63. The number of hydrogen-bond acceptors (Lipinski definition) is 8. The van der Waals surface area contributed by atoms with Crippen LogP contribution in [0.3, 0.4) is 0 Å². The lowest BCUT2D eigenvalue weighted by Gasteiger charge is -2.36. The Labute approximate surface area is 235 Å². The number of nitrogens with one attached hydrogen (secondary N) is 2. The van der Waals surface area contributed by atoms with Gasteiger partial charge in [0.15, 0.2) is 8.32 Å². The van der Waals surface area contributed by atoms with Crippen LogP contribution < -0.4 is 10.6 Å². The highest BCUT2D eigenvalue weighted by molar-refractivity contribution is 6.74. The van der Waals surface area contributed by atoms with Gasteiger partial charge in [-0.1, -0.05) is 57.2 Å². The minimum atomic E-state index is -2.04. The highest BCUT2D eigenvalue weighted by Gasteiger charge is 2.37. The fourth-order valence-corrected chi connectivity index (χ4v) is 4.50. The normalized spacial score (nSPS) is 11.6. The van der Waals surface area contributed by atoms with Gasteiger partial charge in [0.2, 0.25) is 5.95 Å². The average molecular weight is 567 g/mol. The van der Waals surface area contributed by atoms with E-state index in [-0.39, 0.29) is 16.7 Å². The molecule has 0 aliphatic rings. The highest BCUT2D eigenvalue weighted by Crippen LogP contribution is 2.37. The molecule has 0 atom stereocenters. The smallest absolute Gasteiger partial charge is 0.407 e. The van der Waals surface area contributed by atoms with Gasteiger partial charge in [0.05, 0.1) is 11.5 Å². The first-order chi connectivity index (χ1) is 18.9. The summed E-state index contributed by atoms with van der Waals surface area (Å²) in [5.74, 6) is 0.835. The summed E-state index contributed by atoms with van der Waals surface area (Å²) in [6.45, 7) is 12.3. The minimum absolute atomic E-state index is 0.0318. The van der Waals surface area contributed by atoms with Crippen molar-refractivity contribution in [2.75, 3.05) is 23.7 Å². The molecule has 2 aromatic carbocycles. The van der Waals surface area contributed by atoms with Gasteiger partial charge in [-0.2, -0.15) is 4.98 Å². The third kappa shape index (κ3) is 8.75. The lowest BCUT2D eigenvalue weighted by molar-refractivity contribution is -0.384. The molecule has 11 nitrogen and oxygen atoms in total. The number of carboxylic acid groups (broad SMARTS) is 1. The van der Waals surface area contributed by atoms with Gasteiger partial charge >= 0.3 is 6.09 Å². The lowest BCUT2D eigenvalue weighted by atomic mass is 10.2. The van der Waals surface area contributed by atoms with E-state index in [4.69, 9.17) is 4.43 Å². The van der Waals surface area contributed by atoms with Crippen LogP contribution in [0.1, 0.15) is 38.3 Å². The maximum absolute atomic E-state index is 11.8. The Morgan fingerprint density at radius 2 is 1.88 bits per heavy atom. The zero-order valence-corrected chi connectivity index (χ0v) is 24.7. The van der Waals surface area contributed by atoms with Crippen LogP contribution in [0.15, 0.2) is 60.8 Å². The summed E-state index contributed by atoms with van der Waals surface area (Å²) in [6.07, 6.45) is 1.26. The molecule has 214 valence electrons. The first kappa shape index (κ1) is 30.5. The van der Waals surface area contributed by atoms with Gasteiger partial charge in [-0.3, -0.25) is 10.1 Å². The standard InChI is InChI=1S/C28H38N6O5Si/c1-28(2,3)40(4,5)39-20-22-18-30-26(31-23-13-9-14-24(17-23)34(37)38)32-25(22)29-15-10-16-33(27(35)36)19-21-11-7-6-8-12-21/h6-9,11-14,17-18H,10,15-16,19-20H2,1-5H3,(H,35,36)(H2,29,30,31,32). The Morgan fingerprint density at radius 3 is 2.52 bits per heavy atom. The second kappa shape index (κ2) is 13.4. The summed E-state index contributed by atoms with van der Waals surface area (Å²) < 4.78 is 6.40. The Balaban J connectivity index is 1.73. The first-order valence-electron chi connectivity index (χ1n) is 13.1. The molecular formula is C28H38N6O5Si. The molecule has 3 rings (SSSR count). The van der Waals surface area contributed by atoms with E-state index in [1.807, 2.05) is 30.3 Å². The van der Waals surface area contributed by atoms with Crippen molar-refractivity contribution in [2.45, 2.75) is 58.5 Å². The largest absolute Gasteiger partial charge is 0.465 e. The molecule has 0 aliphatic carbocycles. The van der Waals surface area contributed by atoms with E-state index in [0.717, 1.165) is 11.1 Å². The monoisotopic (exact) mass is 566 g/mol. The van der Waals surface area contributed by atoms with Crippen LogP contribution in [0.25, 0.3) is 0 Å². The van der Waals surface area contributed by atoms with Gasteiger partial charge in [0.1, 0.15) is 5.82 Å². The lowest BCUT2D eigenvalue weighted by Crippen LogP contribution is -2.40. The number of aromatic nitrogens is 2. The molecule has 12 heteroatoms. The average Bonchev–Trinajstić information content (AvgIpc) is 2.90. The van der Waals surface area contributed by atoms with Crippen molar-refractivity contribution in [2.24, 2.45) is 0 Å². The number of non-ortho nitro benzene ring substituents is 1. The van der Waals surface area contributed by atoms with E-state index in [1.54, 1.807) is 18.3 Å². The van der Waals surface area contributed by atoms with Gasteiger partial charge in [-0.05, 0) is 36.2 Å². The fraction of sp³-hybridized carbons (Fsp3) is 0.393. The molecule has 0 spiro atoms. The number of benzene rings is 2. The number of amides is 1. The molecule has 0 saturated heterocycles. The Hall–Kier alpha value is -4.03. The van der Waals surface area contributed by atoms with Crippen LogP contribution >= 0.6 is 0 Å². The van der Waals surface area contributed by atoms with Gasteiger partial charge in [0.25, 0.3) is 5.69 Å². The van der Waals surface area contributed by atoms with Crippen LogP contribution in [0.4, 0.5) is 27.9 Å². The van der Waals surface area contributed by atoms with Crippen LogP contribution in [0.2, 0.25) is 18.1 Å². The molecule has 0 radical (unpaired) electrons. The van der Waals surface area contributed by atoms with Crippen molar-refractivity contribution in [1.82, 2.24) is 14.9 Å². The van der Waals surface area contributed by atoms with Crippen molar-refractivity contribution >= 4 is 37.6 Å². The van der Waals surface area contributed by atoms with Gasteiger partial charge < -0.3 is 25.1 Å². The van der Waals surface area contributed by atoms with Crippen molar-refractivity contribution < 1.29 is 19.3 Å². The van der Waals surface area contributed by atoms with Crippen molar-refractivity contribution in [3.8, 4) is 0 Å². The van der Waals surface area contributed by atoms with Gasteiger partial charge in [-0.25, -0.2) is 9.78 Å². The fourth-order valence-electron chi connectivity index (χ4n) is 3.55. The molecule has 3 aromatic rings. The number of anilines is 3. The summed E-state index contributed by atoms with van der Waals surface area (Å²) in [5, 5.41) is 27.2. The SMILES string of the molecule is CC(C)(C)[Si](C)(C)OCc1cnc(Nc2cccc([N+](=O)[O-])c2)nc1NCCCN(Cc1ccccc1)C(=O)O. The quantitative estimate of drug-likeness (QED) is 0.0898. The summed E-state index contributed by atoms with van der Waals surface area (Å²) in [7, 11) is -2.04. The summed E-state index contributed by atoms with van der Waals surface area (Å²) in [5.41, 5.74) is 2.15. The number of hydrogen-bond donors (Lipinski definition) is 3. The Kier molecular flexibility index (Phi) is 10.2. The maximum atomic E-state index is 11.8. The number of nitro groups is 1. The second-order valence-electron chi connectivity index (χ2n) is 11.0. The van der Waals surface area contributed by atoms with E-state index in [9.17, 15) is 20.0 Å². The van der Waals surface area contributed by atoms with Crippen molar-refractivity contribution in [3.63, 3.8) is 0 Å². The highest BCUT2D eigenvalue weighted by atomic mass is 28.4. The number of rotatable bonds is 13. The molecule has 0 aliphatic heterocycles. The van der Waals surface area contributed by atoms with Gasteiger partial charge in [-0.15, -0.1) is 0 Å². The predicted molar refractivity (Wildman–Crippen MR) is 158 cm³/mol. The van der Waals surface area contributed by atoms with Crippen LogP contribution in [-0.4, -0.2) is 52.4 Å². The molecule has 1 amide bonds. The molecule has 0 unspecified atom stereocenters. The molecule has 3 N–H and O–H groups in total. The molecule has 1 aromatic heterocycles. The van der Waals surface area contributed by atoms with E-state index >= 15 is 0 Å². The molecule has 0 fully saturated rings. The zero-order chi connectivity index (χ0) is 29.3. The first-order valence-corrected chi connectivity index (χ1v) is 16.0. The van der Waals surface area contributed by atoms with E-state index in [1.165, 1.54) is 17.0 Å². The summed E-state index contributed by atoms with van der Waals surface area (Å²) >= 11 is 0. The minimum Gasteiger partial charge on any atom is -0.465 e. The Morgan fingerprint density at radius 1 is 1.15 bits per heavy atom. The van der Waals surface area contributed by atoms with Gasteiger partial charge in [0, 0.05) is 49.2 Å². The maximum Gasteiger partial charge on any atom is 0.407 e. The Bertz CT molecular complexity index is 1300. The van der Waals surface area contributed by atoms with Crippen LogP contribution in [0.5, 0.6) is 0 Å². The second-order valence-corrected chi connectivity index (χ2v) is 15.8. The molecular weight excluding hydrogens is 528 g/mol. The number of nitrogens with zero attached hydrogens (tertiary/aromatic N) is 4.